The molecule has 0 aliphatic carbocycles. The Morgan fingerprint density at radius 1 is 0.955 bits per heavy atom. The summed E-state index contributed by atoms with van der Waals surface area (Å²) in [5.74, 6) is -1.62. The van der Waals surface area contributed by atoms with Crippen molar-refractivity contribution in [1.29, 1.82) is 0 Å². The minimum absolute atomic E-state index is 0.0740. The average Bonchev–Trinajstić information content (AvgIpc) is 2.96. The van der Waals surface area contributed by atoms with Crippen molar-refractivity contribution in [3.63, 3.8) is 0 Å². The zero-order valence-electron chi connectivity index (χ0n) is 26.5. The van der Waals surface area contributed by atoms with Gasteiger partial charge < -0.3 is 26.0 Å². The normalized spacial score (nSPS) is 13.0. The summed E-state index contributed by atoms with van der Waals surface area (Å²) in [6.07, 6.45) is 1.09. The van der Waals surface area contributed by atoms with E-state index >= 15 is 0 Å². The maximum absolute atomic E-state index is 14.6. The molecular formula is C35H44N4O5. The molecule has 3 aromatic rings. The van der Waals surface area contributed by atoms with Gasteiger partial charge in [-0.2, -0.15) is 0 Å². The highest BCUT2D eigenvalue weighted by atomic mass is 16.6. The summed E-state index contributed by atoms with van der Waals surface area (Å²) in [6, 6.07) is 18.4. The number of nitrogens with zero attached hydrogens (tertiary/aromatic N) is 1. The molecule has 0 aromatic heterocycles. The van der Waals surface area contributed by atoms with Gasteiger partial charge in [0.2, 0.25) is 11.8 Å². The van der Waals surface area contributed by atoms with Gasteiger partial charge in [-0.05, 0) is 87.6 Å². The number of ether oxygens (including phenoxy) is 1. The molecule has 44 heavy (non-hydrogen) atoms. The zero-order valence-corrected chi connectivity index (χ0v) is 26.5. The second kappa shape index (κ2) is 14.2. The van der Waals surface area contributed by atoms with Gasteiger partial charge in [-0.3, -0.25) is 14.4 Å². The van der Waals surface area contributed by atoms with Gasteiger partial charge >= 0.3 is 6.09 Å². The van der Waals surface area contributed by atoms with Crippen LogP contribution in [0.25, 0.3) is 16.8 Å². The lowest BCUT2D eigenvalue weighted by atomic mass is 9.91. The molecule has 3 aromatic carbocycles. The monoisotopic (exact) mass is 600 g/mol. The number of benzene rings is 3. The number of primary amides is 1. The van der Waals surface area contributed by atoms with Gasteiger partial charge in [0.05, 0.1) is 0 Å². The largest absolute Gasteiger partial charge is 0.444 e. The maximum atomic E-state index is 14.6. The van der Waals surface area contributed by atoms with Crippen LogP contribution in [0.2, 0.25) is 0 Å². The lowest BCUT2D eigenvalue weighted by molar-refractivity contribution is -0.148. The first-order valence-electron chi connectivity index (χ1n) is 14.8. The molecule has 0 saturated carbocycles. The summed E-state index contributed by atoms with van der Waals surface area (Å²) >= 11 is 0. The Bertz CT molecular complexity index is 1520. The van der Waals surface area contributed by atoms with Crippen LogP contribution in [0.5, 0.6) is 0 Å². The van der Waals surface area contributed by atoms with Gasteiger partial charge in [0.25, 0.3) is 5.91 Å². The van der Waals surface area contributed by atoms with E-state index in [-0.39, 0.29) is 12.8 Å². The summed E-state index contributed by atoms with van der Waals surface area (Å²) in [6.45, 7) is 14.6. The number of anilines is 1. The van der Waals surface area contributed by atoms with Crippen LogP contribution in [-0.4, -0.2) is 45.9 Å². The Morgan fingerprint density at radius 2 is 1.64 bits per heavy atom. The van der Waals surface area contributed by atoms with Crippen molar-refractivity contribution in [1.82, 2.24) is 10.2 Å². The lowest BCUT2D eigenvalue weighted by Gasteiger charge is -2.44. The summed E-state index contributed by atoms with van der Waals surface area (Å²) in [4.78, 5) is 55.0. The summed E-state index contributed by atoms with van der Waals surface area (Å²) in [5, 5.41) is 7.63. The Kier molecular flexibility index (Phi) is 10.9. The first kappa shape index (κ1) is 33.8. The van der Waals surface area contributed by atoms with Gasteiger partial charge in [-0.15, -0.1) is 0 Å². The number of carbonyl (C=O) groups is 4. The van der Waals surface area contributed by atoms with Crippen molar-refractivity contribution in [2.24, 2.45) is 5.73 Å². The first-order chi connectivity index (χ1) is 20.6. The van der Waals surface area contributed by atoms with Crippen molar-refractivity contribution in [3.05, 3.63) is 84.4 Å². The molecule has 0 bridgehead atoms. The molecule has 0 aliphatic heterocycles. The summed E-state index contributed by atoms with van der Waals surface area (Å²) < 4.78 is 5.43. The number of hydrogen-bond acceptors (Lipinski definition) is 5. The Labute approximate surface area is 259 Å². The molecule has 4 N–H and O–H groups in total. The third-order valence-electron chi connectivity index (χ3n) is 7.41. The van der Waals surface area contributed by atoms with E-state index < -0.39 is 47.0 Å². The van der Waals surface area contributed by atoms with E-state index in [1.807, 2.05) is 75.4 Å². The van der Waals surface area contributed by atoms with Crippen molar-refractivity contribution >= 4 is 46.4 Å². The van der Waals surface area contributed by atoms with Gasteiger partial charge in [-0.1, -0.05) is 68.1 Å². The van der Waals surface area contributed by atoms with Gasteiger partial charge in [0.15, 0.2) is 0 Å². The van der Waals surface area contributed by atoms with E-state index in [0.717, 1.165) is 16.3 Å². The molecule has 0 radical (unpaired) electrons. The third-order valence-corrected chi connectivity index (χ3v) is 7.41. The number of hydrogen-bond donors (Lipinski definition) is 3. The predicted octanol–water partition coefficient (Wildman–Crippen LogP) is 6.34. The molecule has 9 nitrogen and oxygen atoms in total. The fourth-order valence-electron chi connectivity index (χ4n) is 4.86. The fraction of sp³-hybridized carbons (Fsp3) is 0.371. The number of carbonyl (C=O) groups excluding carboxylic acids is 4. The van der Waals surface area contributed by atoms with Gasteiger partial charge in [-0.25, -0.2) is 4.79 Å². The lowest BCUT2D eigenvalue weighted by Crippen LogP contribution is -2.59. The molecule has 3 rings (SSSR count). The second-order valence-corrected chi connectivity index (χ2v) is 12.4. The standard InChI is InChI=1S/C35H44N4O5/c1-8-23-13-12-16-26(21-23)30(31(41)37-27-18-17-24-14-10-11-15-25(24)22-27)39(35(6,7)9-2)32(42)28(19-20-29(36)40)38-33(43)44-34(3,4)5/h8,10-18,21-22,28,30H,1,9,19-20H2,2-7H3,(H2,36,40)(H,37,41)(H,38,43). The predicted molar refractivity (Wildman–Crippen MR) is 175 cm³/mol. The van der Waals surface area contributed by atoms with E-state index in [1.165, 1.54) is 4.90 Å². The smallest absolute Gasteiger partial charge is 0.408 e. The number of rotatable bonds is 12. The second-order valence-electron chi connectivity index (χ2n) is 12.4. The Hall–Kier alpha value is -4.66. The van der Waals surface area contributed by atoms with Crippen LogP contribution in [0.1, 0.15) is 78.0 Å². The molecule has 2 unspecified atom stereocenters. The number of nitrogens with two attached hydrogens (primary N) is 1. The number of alkyl carbamates (subject to hydrolysis) is 1. The number of amides is 4. The van der Waals surface area contributed by atoms with E-state index in [4.69, 9.17) is 10.5 Å². The molecule has 0 aliphatic rings. The van der Waals surface area contributed by atoms with Crippen LogP contribution in [0.15, 0.2) is 73.3 Å². The molecule has 0 heterocycles. The quantitative estimate of drug-likeness (QED) is 0.223. The highest BCUT2D eigenvalue weighted by molar-refractivity contribution is 6.00. The van der Waals surface area contributed by atoms with Crippen molar-refractivity contribution in [2.45, 2.75) is 84.0 Å². The SMILES string of the molecule is C=Cc1cccc(C(C(=O)Nc2ccc3ccccc3c2)N(C(=O)C(CCC(N)=O)NC(=O)OC(C)(C)C)C(C)(C)CC)c1. The van der Waals surface area contributed by atoms with Crippen molar-refractivity contribution in [2.75, 3.05) is 5.32 Å². The van der Waals surface area contributed by atoms with E-state index in [1.54, 1.807) is 39.0 Å². The van der Waals surface area contributed by atoms with Crippen LogP contribution >= 0.6 is 0 Å². The van der Waals surface area contributed by atoms with Crippen LogP contribution in [-0.2, 0) is 19.1 Å². The molecule has 9 heteroatoms. The number of nitrogens with one attached hydrogen (secondary N) is 2. The molecule has 234 valence electrons. The minimum Gasteiger partial charge on any atom is -0.444 e. The Balaban J connectivity index is 2.13. The van der Waals surface area contributed by atoms with Crippen LogP contribution in [0.3, 0.4) is 0 Å². The van der Waals surface area contributed by atoms with E-state index in [9.17, 15) is 19.2 Å². The highest BCUT2D eigenvalue weighted by Crippen LogP contribution is 2.34. The molecule has 0 saturated heterocycles. The van der Waals surface area contributed by atoms with Crippen LogP contribution in [0.4, 0.5) is 10.5 Å². The molecule has 0 spiro atoms. The summed E-state index contributed by atoms with van der Waals surface area (Å²) in [5.41, 5.74) is 5.64. The number of fused-ring (bicyclic) bond motifs is 1. The van der Waals surface area contributed by atoms with Crippen molar-refractivity contribution in [3.8, 4) is 0 Å². The molecule has 4 amide bonds. The Morgan fingerprint density at radius 3 is 2.25 bits per heavy atom. The van der Waals surface area contributed by atoms with E-state index in [2.05, 4.69) is 17.2 Å². The van der Waals surface area contributed by atoms with E-state index in [0.29, 0.717) is 17.7 Å². The molecule has 0 fully saturated rings. The van der Waals surface area contributed by atoms with Crippen LogP contribution < -0.4 is 16.4 Å². The molecule has 2 atom stereocenters. The third kappa shape index (κ3) is 8.92. The zero-order chi connectivity index (χ0) is 32.7. The van der Waals surface area contributed by atoms with Crippen LogP contribution in [0, 0.1) is 0 Å². The maximum Gasteiger partial charge on any atom is 0.408 e. The highest BCUT2D eigenvalue weighted by Gasteiger charge is 2.43. The average molecular weight is 601 g/mol. The summed E-state index contributed by atoms with van der Waals surface area (Å²) in [7, 11) is 0. The minimum atomic E-state index is -1.19. The van der Waals surface area contributed by atoms with Gasteiger partial charge in [0, 0.05) is 17.6 Å². The van der Waals surface area contributed by atoms with Crippen molar-refractivity contribution < 1.29 is 23.9 Å². The van der Waals surface area contributed by atoms with Gasteiger partial charge in [0.1, 0.15) is 17.7 Å². The first-order valence-corrected chi connectivity index (χ1v) is 14.8. The molecular weight excluding hydrogens is 556 g/mol. The fourth-order valence-corrected chi connectivity index (χ4v) is 4.86. The topological polar surface area (TPSA) is 131 Å².